The van der Waals surface area contributed by atoms with Gasteiger partial charge in [0.25, 0.3) is 0 Å². The van der Waals surface area contributed by atoms with E-state index in [0.29, 0.717) is 6.61 Å². The number of hydrogen-bond donors (Lipinski definition) is 1. The lowest BCUT2D eigenvalue weighted by atomic mass is 10.1. The zero-order valence-corrected chi connectivity index (χ0v) is 18.7. The summed E-state index contributed by atoms with van der Waals surface area (Å²) in [5, 5.41) is 8.45. The van der Waals surface area contributed by atoms with Gasteiger partial charge in [-0.15, -0.1) is 0 Å². The average molecular weight is 476 g/mol. The Bertz CT molecular complexity index is 1200. The molecular formula is C25H22BrN3O2. The van der Waals surface area contributed by atoms with E-state index in [1.807, 2.05) is 59.3 Å². The van der Waals surface area contributed by atoms with Crippen molar-refractivity contribution in [1.82, 2.24) is 9.78 Å². The van der Waals surface area contributed by atoms with Gasteiger partial charge in [0.05, 0.1) is 12.8 Å². The molecule has 0 unspecified atom stereocenters. The van der Waals surface area contributed by atoms with Crippen LogP contribution in [-0.4, -0.2) is 23.4 Å². The van der Waals surface area contributed by atoms with Crippen LogP contribution in [-0.2, 0) is 13.0 Å². The van der Waals surface area contributed by atoms with Crippen molar-refractivity contribution >= 4 is 21.7 Å². The Balaban J connectivity index is 1.45. The molecule has 0 amide bonds. The molecule has 0 aliphatic carbocycles. The second-order valence-corrected chi connectivity index (χ2v) is 8.29. The monoisotopic (exact) mass is 475 g/mol. The topological polar surface area (TPSA) is 48.3 Å². The fourth-order valence-corrected chi connectivity index (χ4v) is 4.23. The second kappa shape index (κ2) is 8.47. The summed E-state index contributed by atoms with van der Waals surface area (Å²) in [6, 6.07) is 24.2. The third kappa shape index (κ3) is 3.91. The third-order valence-corrected chi connectivity index (χ3v) is 5.89. The lowest BCUT2D eigenvalue weighted by molar-refractivity contribution is 0.306. The van der Waals surface area contributed by atoms with E-state index in [4.69, 9.17) is 14.6 Å². The summed E-state index contributed by atoms with van der Waals surface area (Å²) in [6.45, 7) is 1.44. The number of fused-ring (bicyclic) bond motifs is 1. The maximum atomic E-state index is 5.93. The van der Waals surface area contributed by atoms with E-state index in [0.717, 1.165) is 57.3 Å². The maximum absolute atomic E-state index is 5.93. The van der Waals surface area contributed by atoms with Gasteiger partial charge in [0.1, 0.15) is 29.6 Å². The number of anilines is 1. The number of nitrogens with zero attached hydrogens (tertiary/aromatic N) is 2. The molecule has 4 aromatic rings. The first-order chi connectivity index (χ1) is 15.2. The standard InChI is InChI=1S/C25H22BrN3O2/c1-30-23-12-7-18(26)15-22(23)24-21-13-14-27-25(21)29(28-24)19-8-10-20(11-9-19)31-16-17-5-3-2-4-6-17/h2-12,15,27H,13-14,16H2,1H3. The molecule has 1 aliphatic rings. The zero-order chi connectivity index (χ0) is 21.2. The quantitative estimate of drug-likeness (QED) is 0.379. The summed E-state index contributed by atoms with van der Waals surface area (Å²) in [7, 11) is 1.69. The van der Waals surface area contributed by atoms with Crippen LogP contribution in [0, 0.1) is 0 Å². The molecule has 2 heterocycles. The Morgan fingerprint density at radius 1 is 1.03 bits per heavy atom. The number of benzene rings is 3. The SMILES string of the molecule is COc1ccc(Br)cc1-c1nn(-c2ccc(OCc3ccccc3)cc2)c2c1CCN2. The van der Waals surface area contributed by atoms with Crippen LogP contribution in [0.2, 0.25) is 0 Å². The van der Waals surface area contributed by atoms with Gasteiger partial charge < -0.3 is 14.8 Å². The fourth-order valence-electron chi connectivity index (χ4n) is 3.87. The minimum atomic E-state index is 0.547. The number of halogens is 1. The van der Waals surface area contributed by atoms with Gasteiger partial charge in [0.15, 0.2) is 0 Å². The van der Waals surface area contributed by atoms with Crippen molar-refractivity contribution in [3.63, 3.8) is 0 Å². The van der Waals surface area contributed by atoms with E-state index < -0.39 is 0 Å². The van der Waals surface area contributed by atoms with E-state index in [1.165, 1.54) is 5.56 Å². The van der Waals surface area contributed by atoms with Gasteiger partial charge in [0.2, 0.25) is 0 Å². The number of rotatable bonds is 6. The molecule has 1 aromatic heterocycles. The second-order valence-electron chi connectivity index (χ2n) is 7.38. The van der Waals surface area contributed by atoms with Gasteiger partial charge in [0, 0.05) is 22.1 Å². The molecule has 0 saturated heterocycles. The summed E-state index contributed by atoms with van der Waals surface area (Å²) in [5.41, 5.74) is 5.27. The number of methoxy groups -OCH3 is 1. The van der Waals surface area contributed by atoms with Crippen LogP contribution in [0.3, 0.4) is 0 Å². The Morgan fingerprint density at radius 3 is 2.61 bits per heavy atom. The third-order valence-electron chi connectivity index (χ3n) is 5.40. The van der Waals surface area contributed by atoms with E-state index in [1.54, 1.807) is 7.11 Å². The van der Waals surface area contributed by atoms with Crippen LogP contribution in [0.4, 0.5) is 5.82 Å². The number of aromatic nitrogens is 2. The average Bonchev–Trinajstić information content (AvgIpc) is 3.42. The minimum absolute atomic E-state index is 0.547. The Morgan fingerprint density at radius 2 is 1.84 bits per heavy atom. The molecule has 6 heteroatoms. The van der Waals surface area contributed by atoms with Crippen molar-refractivity contribution in [1.29, 1.82) is 0 Å². The largest absolute Gasteiger partial charge is 0.496 e. The predicted molar refractivity (Wildman–Crippen MR) is 126 cm³/mol. The molecule has 0 fully saturated rings. The van der Waals surface area contributed by atoms with Crippen molar-refractivity contribution in [2.45, 2.75) is 13.0 Å². The lowest BCUT2D eigenvalue weighted by Gasteiger charge is -2.10. The molecule has 156 valence electrons. The van der Waals surface area contributed by atoms with Gasteiger partial charge in [-0.05, 0) is 54.4 Å². The molecule has 0 radical (unpaired) electrons. The van der Waals surface area contributed by atoms with E-state index in [2.05, 4.69) is 39.4 Å². The minimum Gasteiger partial charge on any atom is -0.496 e. The van der Waals surface area contributed by atoms with E-state index in [9.17, 15) is 0 Å². The van der Waals surface area contributed by atoms with Gasteiger partial charge in [-0.1, -0.05) is 46.3 Å². The summed E-state index contributed by atoms with van der Waals surface area (Å²) in [6.07, 6.45) is 0.929. The Hall–Kier alpha value is -3.25. The van der Waals surface area contributed by atoms with Crippen molar-refractivity contribution in [3.8, 4) is 28.4 Å². The molecule has 5 rings (SSSR count). The van der Waals surface area contributed by atoms with Crippen LogP contribution in [0.1, 0.15) is 11.1 Å². The molecule has 0 spiro atoms. The summed E-state index contributed by atoms with van der Waals surface area (Å²) in [4.78, 5) is 0. The van der Waals surface area contributed by atoms with Crippen LogP contribution in [0.25, 0.3) is 16.9 Å². The molecule has 5 nitrogen and oxygen atoms in total. The highest BCUT2D eigenvalue weighted by molar-refractivity contribution is 9.10. The van der Waals surface area contributed by atoms with Crippen molar-refractivity contribution < 1.29 is 9.47 Å². The van der Waals surface area contributed by atoms with Crippen molar-refractivity contribution in [3.05, 3.63) is 88.4 Å². The first-order valence-corrected chi connectivity index (χ1v) is 11.0. The molecule has 3 aromatic carbocycles. The number of hydrogen-bond acceptors (Lipinski definition) is 4. The van der Waals surface area contributed by atoms with Gasteiger partial charge in [-0.3, -0.25) is 0 Å². The van der Waals surface area contributed by atoms with Crippen molar-refractivity contribution in [2.24, 2.45) is 0 Å². The molecule has 0 saturated carbocycles. The maximum Gasteiger partial charge on any atom is 0.133 e. The zero-order valence-electron chi connectivity index (χ0n) is 17.1. The Kier molecular flexibility index (Phi) is 5.38. The van der Waals surface area contributed by atoms with Crippen LogP contribution in [0.5, 0.6) is 11.5 Å². The summed E-state index contributed by atoms with van der Waals surface area (Å²) >= 11 is 3.57. The predicted octanol–water partition coefficient (Wildman–Crippen LogP) is 5.86. The molecular weight excluding hydrogens is 454 g/mol. The van der Waals surface area contributed by atoms with E-state index in [-0.39, 0.29) is 0 Å². The van der Waals surface area contributed by atoms with Crippen LogP contribution in [0.15, 0.2) is 77.3 Å². The molecule has 0 atom stereocenters. The highest BCUT2D eigenvalue weighted by atomic mass is 79.9. The normalized spacial score (nSPS) is 12.3. The van der Waals surface area contributed by atoms with Gasteiger partial charge in [-0.25, -0.2) is 4.68 Å². The molecule has 0 bridgehead atoms. The highest BCUT2D eigenvalue weighted by Gasteiger charge is 2.25. The lowest BCUT2D eigenvalue weighted by Crippen LogP contribution is -2.04. The van der Waals surface area contributed by atoms with Gasteiger partial charge >= 0.3 is 0 Å². The molecule has 1 N–H and O–H groups in total. The smallest absolute Gasteiger partial charge is 0.133 e. The molecule has 1 aliphatic heterocycles. The molecule has 31 heavy (non-hydrogen) atoms. The van der Waals surface area contributed by atoms with Crippen LogP contribution >= 0.6 is 15.9 Å². The summed E-state index contributed by atoms with van der Waals surface area (Å²) < 4.78 is 14.5. The van der Waals surface area contributed by atoms with Gasteiger partial charge in [-0.2, -0.15) is 5.10 Å². The summed E-state index contributed by atoms with van der Waals surface area (Å²) in [5.74, 6) is 2.68. The first-order valence-electron chi connectivity index (χ1n) is 10.2. The number of nitrogens with one attached hydrogen (secondary N) is 1. The van der Waals surface area contributed by atoms with Crippen molar-refractivity contribution in [2.75, 3.05) is 19.0 Å². The van der Waals surface area contributed by atoms with Crippen LogP contribution < -0.4 is 14.8 Å². The fraction of sp³-hybridized carbons (Fsp3) is 0.160. The Labute approximate surface area is 189 Å². The first kappa shape index (κ1) is 19.7. The highest BCUT2D eigenvalue weighted by Crippen LogP contribution is 2.39. The number of ether oxygens (including phenoxy) is 2. The van der Waals surface area contributed by atoms with E-state index >= 15 is 0 Å².